The summed E-state index contributed by atoms with van der Waals surface area (Å²) >= 11 is 0. The molecule has 0 aliphatic rings. The summed E-state index contributed by atoms with van der Waals surface area (Å²) in [5.74, 6) is 0. The number of fused-ring (bicyclic) bond motifs is 15. The van der Waals surface area contributed by atoms with E-state index in [0.29, 0.717) is 0 Å². The second kappa shape index (κ2) is 12.6. The van der Waals surface area contributed by atoms with Crippen LogP contribution in [0.5, 0.6) is 0 Å². The summed E-state index contributed by atoms with van der Waals surface area (Å²) in [7, 11) is 0. The highest BCUT2D eigenvalue weighted by Gasteiger charge is 2.22. The Morgan fingerprint density at radius 2 is 1.16 bits per heavy atom. The lowest BCUT2D eigenvalue weighted by molar-refractivity contribution is 0.669. The van der Waals surface area contributed by atoms with Crippen LogP contribution in [-0.4, -0.2) is 10.9 Å². The molecule has 0 amide bonds. The predicted octanol–water partition coefficient (Wildman–Crippen LogP) is 13.1. The summed E-state index contributed by atoms with van der Waals surface area (Å²) in [5.41, 5.74) is 8.33. The van der Waals surface area contributed by atoms with Crippen molar-refractivity contribution in [1.82, 2.24) is 4.57 Å². The number of aromatic nitrogens is 1. The molecule has 0 aliphatic heterocycles. The zero-order valence-corrected chi connectivity index (χ0v) is 31.5. The number of furan rings is 1. The minimum absolute atomic E-state index is 0.879. The highest BCUT2D eigenvalue weighted by molar-refractivity contribution is 6.41. The SMILES string of the molecule is C=c1cccc/c1=C(/N=Cn1c2ccc3ccccc3c2c2c3c4ccccc4c(-c4ccc5oc6ccccc6c5c4)cc3c3ccccc3c21)c1ccccc1. The van der Waals surface area contributed by atoms with E-state index in [2.05, 4.69) is 175 Å². The molecule has 0 aliphatic carbocycles. The van der Waals surface area contributed by atoms with E-state index in [1.807, 2.05) is 30.6 Å². The fraction of sp³-hybridized carbons (Fsp3) is 0. The first-order valence-electron chi connectivity index (χ1n) is 19.7. The zero-order chi connectivity index (χ0) is 38.3. The molecule has 0 saturated carbocycles. The van der Waals surface area contributed by atoms with Crippen LogP contribution in [0.2, 0.25) is 0 Å². The van der Waals surface area contributed by atoms with E-state index >= 15 is 0 Å². The maximum absolute atomic E-state index is 6.26. The fourth-order valence-electron chi connectivity index (χ4n) is 9.39. The molecule has 12 rings (SSSR count). The lowest BCUT2D eigenvalue weighted by Crippen LogP contribution is -2.25. The Hall–Kier alpha value is -7.75. The number of rotatable bonds is 4. The van der Waals surface area contributed by atoms with Crippen LogP contribution in [0.15, 0.2) is 197 Å². The standard InChI is InChI=1S/C55H34N2O/c1-34-15-5-7-19-38(34)54(36-17-3-2-4-18-36)56-33-57-48-29-27-35-16-6-8-20-39(35)52(48)53-51-43-24-11-9-21-40(43)45(32-47(51)41-22-10-12-25-44(41)55(53)57)37-28-30-50-46(31-37)42-23-13-14-26-49(42)58-50/h2-33H,1H2/b54-38-,56-33?. The maximum Gasteiger partial charge on any atom is 0.135 e. The van der Waals surface area contributed by atoms with Crippen LogP contribution in [0.25, 0.3) is 110 Å². The van der Waals surface area contributed by atoms with Crippen molar-refractivity contribution in [1.29, 1.82) is 0 Å². The minimum atomic E-state index is 0.879. The van der Waals surface area contributed by atoms with Gasteiger partial charge in [0.2, 0.25) is 0 Å². The Morgan fingerprint density at radius 1 is 0.483 bits per heavy atom. The van der Waals surface area contributed by atoms with Gasteiger partial charge in [0.05, 0.1) is 16.7 Å². The van der Waals surface area contributed by atoms with Gasteiger partial charge >= 0.3 is 0 Å². The molecular weight excluding hydrogens is 705 g/mol. The summed E-state index contributed by atoms with van der Waals surface area (Å²) < 4.78 is 8.59. The van der Waals surface area contributed by atoms with E-state index in [1.165, 1.54) is 59.4 Å². The molecule has 0 bridgehead atoms. The first-order chi connectivity index (χ1) is 28.7. The number of benzene rings is 10. The molecule has 0 spiro atoms. The van der Waals surface area contributed by atoms with Crippen LogP contribution in [0.1, 0.15) is 5.56 Å². The van der Waals surface area contributed by atoms with Gasteiger partial charge in [-0.2, -0.15) is 0 Å². The van der Waals surface area contributed by atoms with Crippen LogP contribution in [0, 0.1) is 0 Å². The van der Waals surface area contributed by atoms with Gasteiger partial charge in [-0.25, -0.2) is 4.99 Å². The Kier molecular flexibility index (Phi) is 7.08. The van der Waals surface area contributed by atoms with Crippen molar-refractivity contribution in [3.8, 4) is 11.1 Å². The van der Waals surface area contributed by atoms with Crippen molar-refractivity contribution in [2.45, 2.75) is 0 Å². The molecule has 2 aromatic heterocycles. The van der Waals surface area contributed by atoms with Crippen molar-refractivity contribution in [3.63, 3.8) is 0 Å². The van der Waals surface area contributed by atoms with E-state index in [9.17, 15) is 0 Å². The molecule has 0 radical (unpaired) electrons. The molecule has 0 saturated heterocycles. The number of hydrogen-bond acceptors (Lipinski definition) is 2. The highest BCUT2D eigenvalue weighted by Crippen LogP contribution is 2.47. The maximum atomic E-state index is 6.26. The molecule has 0 fully saturated rings. The molecule has 0 atom stereocenters. The van der Waals surface area contributed by atoms with Crippen molar-refractivity contribution < 1.29 is 4.42 Å². The topological polar surface area (TPSA) is 30.4 Å². The second-order valence-electron chi connectivity index (χ2n) is 15.1. The smallest absolute Gasteiger partial charge is 0.135 e. The molecular formula is C55H34N2O. The summed E-state index contributed by atoms with van der Waals surface area (Å²) in [6, 6.07) is 67.1. The van der Waals surface area contributed by atoms with E-state index in [0.717, 1.165) is 60.2 Å². The summed E-state index contributed by atoms with van der Waals surface area (Å²) in [6.07, 6.45) is 2.04. The van der Waals surface area contributed by atoms with Crippen molar-refractivity contribution in [3.05, 3.63) is 204 Å². The lowest BCUT2D eigenvalue weighted by atomic mass is 9.88. The van der Waals surface area contributed by atoms with Gasteiger partial charge in [0, 0.05) is 43.1 Å². The van der Waals surface area contributed by atoms with Gasteiger partial charge in [0.25, 0.3) is 0 Å². The third kappa shape index (κ3) is 4.77. The number of hydrogen-bond donors (Lipinski definition) is 0. The zero-order valence-electron chi connectivity index (χ0n) is 31.5. The van der Waals surface area contributed by atoms with Crippen LogP contribution < -0.4 is 10.4 Å². The van der Waals surface area contributed by atoms with Crippen molar-refractivity contribution in [2.75, 3.05) is 0 Å². The lowest BCUT2D eigenvalue weighted by Gasteiger charge is -2.16. The van der Waals surface area contributed by atoms with Gasteiger partial charge in [-0.1, -0.05) is 164 Å². The van der Waals surface area contributed by atoms with Gasteiger partial charge in [0.15, 0.2) is 0 Å². The Bertz CT molecular complexity index is 3810. The molecule has 0 unspecified atom stereocenters. The van der Waals surface area contributed by atoms with Crippen LogP contribution in [0.3, 0.4) is 0 Å². The van der Waals surface area contributed by atoms with Gasteiger partial charge in [-0.15, -0.1) is 0 Å². The molecule has 270 valence electrons. The van der Waals surface area contributed by atoms with Crippen LogP contribution >= 0.6 is 0 Å². The van der Waals surface area contributed by atoms with Gasteiger partial charge in [-0.05, 0) is 79.0 Å². The van der Waals surface area contributed by atoms with Crippen molar-refractivity contribution >= 4 is 105 Å². The Morgan fingerprint density at radius 3 is 2.00 bits per heavy atom. The molecule has 12 aromatic rings. The quantitative estimate of drug-likeness (QED) is 0.100. The Labute approximate surface area is 333 Å². The average molecular weight is 739 g/mol. The van der Waals surface area contributed by atoms with Crippen molar-refractivity contribution in [2.24, 2.45) is 4.99 Å². The third-order valence-electron chi connectivity index (χ3n) is 12.0. The molecule has 10 aromatic carbocycles. The van der Waals surface area contributed by atoms with Crippen LogP contribution in [-0.2, 0) is 0 Å². The van der Waals surface area contributed by atoms with Gasteiger partial charge in [0.1, 0.15) is 17.5 Å². The predicted molar refractivity (Wildman–Crippen MR) is 246 cm³/mol. The highest BCUT2D eigenvalue weighted by atomic mass is 16.3. The molecule has 58 heavy (non-hydrogen) atoms. The normalized spacial score (nSPS) is 12.8. The number of aliphatic imine (C=N–C) groups is 1. The molecule has 3 nitrogen and oxygen atoms in total. The molecule has 0 N–H and O–H groups in total. The first kappa shape index (κ1) is 32.5. The largest absolute Gasteiger partial charge is 0.456 e. The average Bonchev–Trinajstić information content (AvgIpc) is 3.83. The van der Waals surface area contributed by atoms with Gasteiger partial charge < -0.3 is 4.42 Å². The van der Waals surface area contributed by atoms with E-state index in [4.69, 9.17) is 9.41 Å². The monoisotopic (exact) mass is 738 g/mol. The summed E-state index contributed by atoms with van der Waals surface area (Å²) in [6.45, 7) is 4.40. The van der Waals surface area contributed by atoms with E-state index in [1.54, 1.807) is 0 Å². The number of nitrogens with zero attached hydrogens (tertiary/aromatic N) is 2. The molecule has 2 heterocycles. The summed E-state index contributed by atoms with van der Waals surface area (Å²) in [4.78, 5) is 5.40. The summed E-state index contributed by atoms with van der Waals surface area (Å²) in [5, 5.41) is 16.3. The van der Waals surface area contributed by atoms with Gasteiger partial charge in [-0.3, -0.25) is 4.57 Å². The minimum Gasteiger partial charge on any atom is -0.456 e. The van der Waals surface area contributed by atoms with E-state index < -0.39 is 0 Å². The van der Waals surface area contributed by atoms with Crippen LogP contribution in [0.4, 0.5) is 0 Å². The third-order valence-corrected chi connectivity index (χ3v) is 12.0. The second-order valence-corrected chi connectivity index (χ2v) is 15.1. The fourth-order valence-corrected chi connectivity index (χ4v) is 9.39. The number of para-hydroxylation sites is 1. The molecule has 3 heteroatoms. The van der Waals surface area contributed by atoms with E-state index in [-0.39, 0.29) is 0 Å². The Balaban J connectivity index is 1.25. The first-order valence-corrected chi connectivity index (χ1v) is 19.7.